The molecule has 1 aromatic rings. The molecule has 1 amide bonds. The molecule has 1 aromatic carbocycles. The average Bonchev–Trinajstić information content (AvgIpc) is 2.79. The first kappa shape index (κ1) is 31.2. The molecule has 33 heavy (non-hydrogen) atoms. The standard InChI is InChI=1S/C16H22N2O2S.C8H15N.C2H6S/c1-4-12-21(3,20)18-11-10-17(13-14(18)2)16(19)15-8-6-5-7-9-15;1-5-6-7(2)8(3)9-4;1-3-2/h4-9,14H,1,3,10-13H2,2H3;6,8H,4-5H2,1-3H3;1-2H3/b;7-6+;. The number of carbonyl (C=O) groups excluding carboxylic acids is 1. The van der Waals surface area contributed by atoms with E-state index in [1.807, 2.05) is 59.0 Å². The quantitative estimate of drug-likeness (QED) is 0.303. The van der Waals surface area contributed by atoms with Crippen molar-refractivity contribution >= 4 is 40.0 Å². The van der Waals surface area contributed by atoms with Gasteiger partial charge in [-0.15, -0.1) is 6.58 Å². The van der Waals surface area contributed by atoms with Crippen molar-refractivity contribution in [2.24, 2.45) is 4.99 Å². The summed E-state index contributed by atoms with van der Waals surface area (Å²) in [6.45, 7) is 17.1. The van der Waals surface area contributed by atoms with Crippen molar-refractivity contribution in [1.82, 2.24) is 9.21 Å². The predicted molar refractivity (Wildman–Crippen MR) is 151 cm³/mol. The third-order valence-electron chi connectivity index (χ3n) is 5.14. The van der Waals surface area contributed by atoms with Gasteiger partial charge in [-0.25, -0.2) is 4.31 Å². The van der Waals surface area contributed by atoms with E-state index in [-0.39, 0.29) is 11.9 Å². The number of piperazine rings is 1. The Balaban J connectivity index is 0.000000715. The predicted octanol–water partition coefficient (Wildman–Crippen LogP) is 5.06. The minimum Gasteiger partial charge on any atom is -0.336 e. The van der Waals surface area contributed by atoms with Gasteiger partial charge < -0.3 is 4.90 Å². The Morgan fingerprint density at radius 1 is 1.30 bits per heavy atom. The summed E-state index contributed by atoms with van der Waals surface area (Å²) in [5.74, 6) is 4.25. The molecule has 0 aliphatic carbocycles. The van der Waals surface area contributed by atoms with Crippen LogP contribution in [0, 0.1) is 0 Å². The van der Waals surface area contributed by atoms with Crippen LogP contribution in [0.1, 0.15) is 44.5 Å². The molecule has 0 aromatic heterocycles. The van der Waals surface area contributed by atoms with Crippen molar-refractivity contribution in [2.75, 3.05) is 37.9 Å². The smallest absolute Gasteiger partial charge is 0.253 e. The molecule has 186 valence electrons. The summed E-state index contributed by atoms with van der Waals surface area (Å²) in [7, 11) is -2.32. The summed E-state index contributed by atoms with van der Waals surface area (Å²) in [5, 5.41) is 0. The van der Waals surface area contributed by atoms with Crippen LogP contribution in [-0.4, -0.2) is 81.9 Å². The van der Waals surface area contributed by atoms with Crippen LogP contribution in [0.4, 0.5) is 0 Å². The van der Waals surface area contributed by atoms with Gasteiger partial charge in [0.15, 0.2) is 0 Å². The monoisotopic (exact) mass is 493 g/mol. The summed E-state index contributed by atoms with van der Waals surface area (Å²) >= 11 is 1.75. The van der Waals surface area contributed by atoms with E-state index >= 15 is 0 Å². The molecule has 0 N–H and O–H groups in total. The van der Waals surface area contributed by atoms with E-state index < -0.39 is 9.71 Å². The number of hydrogen-bond acceptors (Lipinski definition) is 4. The molecule has 0 radical (unpaired) electrons. The van der Waals surface area contributed by atoms with Gasteiger partial charge in [-0.05, 0) is 64.4 Å². The van der Waals surface area contributed by atoms with Crippen molar-refractivity contribution in [3.05, 3.63) is 60.2 Å². The molecule has 1 heterocycles. The Bertz CT molecular complexity index is 852. The number of carbonyl (C=O) groups is 1. The van der Waals surface area contributed by atoms with Crippen LogP contribution in [0.25, 0.3) is 0 Å². The highest BCUT2D eigenvalue weighted by Crippen LogP contribution is 2.17. The van der Waals surface area contributed by atoms with Crippen molar-refractivity contribution < 1.29 is 9.00 Å². The topological polar surface area (TPSA) is 53.0 Å². The minimum atomic E-state index is -2.32. The van der Waals surface area contributed by atoms with E-state index in [9.17, 15) is 9.00 Å². The Morgan fingerprint density at radius 3 is 2.33 bits per heavy atom. The van der Waals surface area contributed by atoms with Crippen molar-refractivity contribution in [2.45, 2.75) is 46.2 Å². The fourth-order valence-corrected chi connectivity index (χ4v) is 5.00. The lowest BCUT2D eigenvalue weighted by atomic mass is 10.1. The zero-order valence-corrected chi connectivity index (χ0v) is 23.0. The summed E-state index contributed by atoms with van der Waals surface area (Å²) in [6, 6.07) is 9.58. The van der Waals surface area contributed by atoms with Crippen LogP contribution in [0.3, 0.4) is 0 Å². The fraction of sp³-hybridized carbons (Fsp3) is 0.500. The Kier molecular flexibility index (Phi) is 15.8. The van der Waals surface area contributed by atoms with Gasteiger partial charge in [-0.1, -0.05) is 42.8 Å². The molecule has 3 unspecified atom stereocenters. The zero-order chi connectivity index (χ0) is 25.4. The van der Waals surface area contributed by atoms with Crippen LogP contribution in [0.5, 0.6) is 0 Å². The van der Waals surface area contributed by atoms with Crippen molar-refractivity contribution in [3.63, 3.8) is 0 Å². The van der Waals surface area contributed by atoms with Crippen LogP contribution >= 0.6 is 11.8 Å². The first-order valence-corrected chi connectivity index (χ1v) is 14.7. The first-order chi connectivity index (χ1) is 15.6. The van der Waals surface area contributed by atoms with Gasteiger partial charge in [0.2, 0.25) is 0 Å². The molecular weight excluding hydrogens is 450 g/mol. The number of hydrogen-bond donors (Lipinski definition) is 0. The van der Waals surface area contributed by atoms with E-state index in [0.29, 0.717) is 37.0 Å². The van der Waals surface area contributed by atoms with Gasteiger partial charge in [-0.3, -0.25) is 14.0 Å². The lowest BCUT2D eigenvalue weighted by Gasteiger charge is -2.40. The molecule has 7 heteroatoms. The number of nitrogens with zero attached hydrogens (tertiary/aromatic N) is 3. The summed E-state index contributed by atoms with van der Waals surface area (Å²) in [4.78, 5) is 18.1. The number of aliphatic imine (C=N–C) groups is 1. The Labute approximate surface area is 207 Å². The largest absolute Gasteiger partial charge is 0.336 e. The molecule has 0 saturated carbocycles. The molecule has 1 saturated heterocycles. The van der Waals surface area contributed by atoms with E-state index in [1.165, 1.54) is 5.57 Å². The minimum absolute atomic E-state index is 0.0244. The van der Waals surface area contributed by atoms with E-state index in [2.05, 4.69) is 51.0 Å². The maximum absolute atomic E-state index is 12.5. The maximum Gasteiger partial charge on any atom is 0.253 e. The van der Waals surface area contributed by atoms with Crippen molar-refractivity contribution in [3.8, 4) is 0 Å². The number of rotatable bonds is 7. The van der Waals surface area contributed by atoms with Gasteiger partial charge in [0.05, 0.1) is 6.04 Å². The number of amides is 1. The van der Waals surface area contributed by atoms with Crippen LogP contribution < -0.4 is 0 Å². The van der Waals surface area contributed by atoms with Gasteiger partial charge in [0.25, 0.3) is 5.91 Å². The van der Waals surface area contributed by atoms with E-state index in [1.54, 1.807) is 17.8 Å². The third-order valence-corrected chi connectivity index (χ3v) is 7.29. The second-order valence-corrected chi connectivity index (χ2v) is 11.1. The first-order valence-electron chi connectivity index (χ1n) is 11.2. The molecule has 1 aliphatic rings. The maximum atomic E-state index is 12.5. The highest BCUT2D eigenvalue weighted by atomic mass is 32.2. The van der Waals surface area contributed by atoms with E-state index in [4.69, 9.17) is 0 Å². The Hall–Kier alpha value is -1.83. The molecule has 5 nitrogen and oxygen atoms in total. The summed E-state index contributed by atoms with van der Waals surface area (Å²) in [6.07, 6.45) is 8.99. The van der Waals surface area contributed by atoms with Crippen LogP contribution in [-0.2, 0) is 9.71 Å². The zero-order valence-electron chi connectivity index (χ0n) is 21.3. The van der Waals surface area contributed by atoms with Crippen LogP contribution in [0.2, 0.25) is 0 Å². The molecule has 0 spiro atoms. The highest BCUT2D eigenvalue weighted by Gasteiger charge is 2.30. The molecule has 3 atom stereocenters. The van der Waals surface area contributed by atoms with Gasteiger partial charge >= 0.3 is 0 Å². The number of benzene rings is 1. The number of allylic oxidation sites excluding steroid dienone is 1. The summed E-state index contributed by atoms with van der Waals surface area (Å²) < 4.78 is 14.4. The summed E-state index contributed by atoms with van der Waals surface area (Å²) in [5.41, 5.74) is 2.01. The normalized spacial score (nSPS) is 19.0. The molecule has 1 aliphatic heterocycles. The SMILES string of the molecule is C=CCS(=C)(=O)N1CCN(C(=O)c2ccccc2)CC1C.C=NC(C)/C(C)=C/CC.CSC. The molecule has 0 bridgehead atoms. The van der Waals surface area contributed by atoms with E-state index in [0.717, 1.165) is 6.42 Å². The van der Waals surface area contributed by atoms with Gasteiger partial charge in [0.1, 0.15) is 0 Å². The lowest BCUT2D eigenvalue weighted by Crippen LogP contribution is -2.55. The third kappa shape index (κ3) is 11.2. The highest BCUT2D eigenvalue weighted by molar-refractivity contribution is 7.98. The second kappa shape index (κ2) is 16.7. The fourth-order valence-electron chi connectivity index (χ4n) is 3.30. The van der Waals surface area contributed by atoms with Gasteiger partial charge in [0, 0.05) is 46.7 Å². The second-order valence-electron chi connectivity index (χ2n) is 7.96. The number of thioether (sulfide) groups is 1. The van der Waals surface area contributed by atoms with Gasteiger partial charge in [-0.2, -0.15) is 11.8 Å². The van der Waals surface area contributed by atoms with Crippen LogP contribution in [0.15, 0.2) is 59.6 Å². The van der Waals surface area contributed by atoms with Crippen molar-refractivity contribution in [1.29, 1.82) is 0 Å². The molecule has 2 rings (SSSR count). The average molecular weight is 494 g/mol. The molecule has 1 fully saturated rings. The Morgan fingerprint density at radius 2 is 1.88 bits per heavy atom. The molecular formula is C26H43N3O2S2. The lowest BCUT2D eigenvalue weighted by molar-refractivity contribution is 0.0647.